The number of nitrogens with zero attached hydrogens (tertiary/aromatic N) is 6. The minimum Gasteiger partial charge on any atom is -0.508 e. The molecular weight excluding hydrogens is 822 g/mol. The van der Waals surface area contributed by atoms with E-state index < -0.39 is 91.7 Å². The number of aromatic nitrogens is 5. The Morgan fingerprint density at radius 1 is 0.862 bits per heavy atom. The number of carbonyl (C=O) groups excluding carboxylic acids is 2. The molecule has 3 aromatic carbocycles. The van der Waals surface area contributed by atoms with E-state index >= 15 is 8.78 Å². The minimum atomic E-state index is -2.76. The number of hydrogen-bond acceptors (Lipinski definition) is 9. The van der Waals surface area contributed by atoms with Crippen LogP contribution in [0.2, 0.25) is 0 Å². The molecule has 1 aliphatic carbocycles. The van der Waals surface area contributed by atoms with Crippen LogP contribution in [0.5, 0.6) is 17.2 Å². The molecule has 58 heavy (non-hydrogen) atoms. The quantitative estimate of drug-likeness (QED) is 0.0640. The number of ether oxygens (including phenoxy) is 2. The fourth-order valence-corrected chi connectivity index (χ4v) is 9.11. The maximum Gasteiger partial charge on any atom is 0.347 e. The van der Waals surface area contributed by atoms with Gasteiger partial charge in [0.2, 0.25) is 5.82 Å². The first-order valence-electron chi connectivity index (χ1n) is 17.2. The van der Waals surface area contributed by atoms with Crippen LogP contribution < -0.4 is 31.3 Å². The smallest absolute Gasteiger partial charge is 0.347 e. The van der Waals surface area contributed by atoms with Gasteiger partial charge in [0.15, 0.2) is 44.5 Å². The summed E-state index contributed by atoms with van der Waals surface area (Å²) < 4.78 is 88.3. The van der Waals surface area contributed by atoms with Crippen LogP contribution in [0.15, 0.2) is 62.4 Å². The van der Waals surface area contributed by atoms with Gasteiger partial charge in [-0.25, -0.2) is 55.4 Å². The number of benzene rings is 3. The number of phenols is 1. The van der Waals surface area contributed by atoms with Crippen molar-refractivity contribution < 1.29 is 46.1 Å². The normalized spacial score (nSPS) is 22.5. The summed E-state index contributed by atoms with van der Waals surface area (Å²) in [5, 5.41) is 10.1. The Balaban J connectivity index is 1.24. The Labute approximate surface area is 331 Å². The second-order valence-corrected chi connectivity index (χ2v) is 15.1. The molecule has 0 bridgehead atoms. The number of alkyl halides is 2. The first-order valence-corrected chi connectivity index (χ1v) is 18.0. The third-order valence-corrected chi connectivity index (χ3v) is 12.4. The lowest BCUT2D eigenvalue weighted by Crippen LogP contribution is -2.59. The molecule has 2 aliphatic heterocycles. The summed E-state index contributed by atoms with van der Waals surface area (Å²) in [5.41, 5.74) is -3.29. The maximum atomic E-state index is 15.3. The number of imide groups is 1. The number of rotatable bonds is 7. The predicted octanol–water partition coefficient (Wildman–Crippen LogP) is 3.92. The van der Waals surface area contributed by atoms with Crippen LogP contribution in [0, 0.1) is 29.1 Å². The largest absolute Gasteiger partial charge is 0.508 e. The molecule has 21 heteroatoms. The van der Waals surface area contributed by atoms with Crippen LogP contribution in [0.25, 0.3) is 11.0 Å². The Hall–Kier alpha value is -5.95. The molecule has 3 aliphatic rings. The number of hydrogen-bond donors (Lipinski definition) is 1. The molecule has 0 spiro atoms. The molecule has 2 amide bonds. The number of allylic oxidation sites excluding steroid dienone is 2. The number of fused-ring (bicyclic) bond motifs is 5. The van der Waals surface area contributed by atoms with Gasteiger partial charge < -0.3 is 19.1 Å². The summed E-state index contributed by atoms with van der Waals surface area (Å²) in [6, 6.07) is 6.71. The first kappa shape index (κ1) is 38.9. The monoisotopic (exact) mass is 848 g/mol. The van der Waals surface area contributed by atoms with Crippen molar-refractivity contribution in [3.63, 3.8) is 0 Å². The lowest BCUT2D eigenvalue weighted by Gasteiger charge is -2.49. The van der Waals surface area contributed by atoms with E-state index in [1.54, 1.807) is 12.1 Å². The Kier molecular flexibility index (Phi) is 8.92. The molecule has 4 atom stereocenters. The summed E-state index contributed by atoms with van der Waals surface area (Å²) in [6.45, 7) is -0.684. The molecule has 4 unspecified atom stereocenters. The molecule has 0 radical (unpaired) electrons. The highest BCUT2D eigenvalue weighted by atomic mass is 35.5. The maximum absolute atomic E-state index is 15.3. The van der Waals surface area contributed by atoms with E-state index in [4.69, 9.17) is 32.7 Å². The van der Waals surface area contributed by atoms with Gasteiger partial charge in [0.05, 0.1) is 37.8 Å². The number of halogens is 7. The van der Waals surface area contributed by atoms with Crippen molar-refractivity contribution in [3.05, 3.63) is 120 Å². The molecule has 1 saturated heterocycles. The van der Waals surface area contributed by atoms with Crippen molar-refractivity contribution in [2.45, 2.75) is 47.6 Å². The van der Waals surface area contributed by atoms with Crippen LogP contribution in [0.3, 0.4) is 0 Å². The molecule has 4 heterocycles. The van der Waals surface area contributed by atoms with Gasteiger partial charge in [0.1, 0.15) is 17.1 Å². The number of aryl methyl sites for hydroxylation is 2. The number of phenolic OH excluding ortho intramolecular Hbond substituents is 1. The van der Waals surface area contributed by atoms with E-state index in [0.717, 1.165) is 13.9 Å². The van der Waals surface area contributed by atoms with Crippen molar-refractivity contribution in [3.8, 4) is 17.2 Å². The van der Waals surface area contributed by atoms with Gasteiger partial charge >= 0.3 is 11.4 Å². The fourth-order valence-electron chi connectivity index (χ4n) is 8.20. The summed E-state index contributed by atoms with van der Waals surface area (Å²) in [6.07, 6.45) is 0.427. The zero-order valence-corrected chi connectivity index (χ0v) is 31.7. The molecule has 14 nitrogen and oxygen atoms in total. The molecule has 1 saturated carbocycles. The van der Waals surface area contributed by atoms with Crippen LogP contribution in [-0.4, -0.2) is 64.4 Å². The number of carbonyl (C=O) groups is 2. The van der Waals surface area contributed by atoms with E-state index in [0.29, 0.717) is 22.5 Å². The zero-order chi connectivity index (χ0) is 41.9. The Morgan fingerprint density at radius 3 is 2.09 bits per heavy atom. The highest BCUT2D eigenvalue weighted by Gasteiger charge is 2.76. The fraction of sp³-hybridized carbons (Fsp3) is 0.297. The Morgan fingerprint density at radius 2 is 1.47 bits per heavy atom. The van der Waals surface area contributed by atoms with Gasteiger partial charge in [0, 0.05) is 44.5 Å². The number of aromatic hydroxyl groups is 1. The SMILES string of the molecule is COc1cc2nc(CCn3c(=O)n4n(c3=O)C3CC5(Cl)C(=O)N(c6c(F)c(F)c(F)c(F)c6F)C(=O)C5(Cl)C(c5ccc(O)cc5)C3=CC4)c(=O)n(C)c2cc1OC. The van der Waals surface area contributed by atoms with Crippen molar-refractivity contribution >= 4 is 51.7 Å². The summed E-state index contributed by atoms with van der Waals surface area (Å²) in [4.78, 5) is 68.9. The van der Waals surface area contributed by atoms with Gasteiger partial charge in [-0.05, 0) is 23.3 Å². The summed E-state index contributed by atoms with van der Waals surface area (Å²) in [5.74, 6) is -16.9. The molecule has 8 rings (SSSR count). The lowest BCUT2D eigenvalue weighted by molar-refractivity contribution is -0.122. The van der Waals surface area contributed by atoms with E-state index in [1.165, 1.54) is 56.2 Å². The van der Waals surface area contributed by atoms with Crippen LogP contribution in [-0.2, 0) is 36.1 Å². The second kappa shape index (κ2) is 13.3. The standard InChI is InChI=1S/C37H27Cl2F5N6O8/c1-46-20-13-23(58-3)22(57-2)12-19(20)45-18(31(46)52)9-10-47-34(55)48-11-8-17-21(50(48)35(47)56)14-36(38)32(53)49(30-28(43)26(41)25(40)27(42)29(30)44)33(54)37(36,39)24(17)15-4-6-16(51)7-5-15/h4-8,12-13,21,24,51H,9-11,14H2,1-3H3. The van der Waals surface area contributed by atoms with Crippen molar-refractivity contribution in [1.82, 2.24) is 23.5 Å². The minimum absolute atomic E-state index is 0.0125. The third-order valence-electron chi connectivity index (χ3n) is 11.0. The van der Waals surface area contributed by atoms with E-state index in [1.807, 2.05) is 0 Å². The van der Waals surface area contributed by atoms with E-state index in [-0.39, 0.29) is 47.0 Å². The average molecular weight is 850 g/mol. The first-order chi connectivity index (χ1) is 27.4. The molecule has 302 valence electrons. The molecule has 2 fully saturated rings. The van der Waals surface area contributed by atoms with Gasteiger partial charge in [-0.1, -0.05) is 18.2 Å². The topological polar surface area (TPSA) is 160 Å². The van der Waals surface area contributed by atoms with Gasteiger partial charge in [-0.2, -0.15) is 0 Å². The summed E-state index contributed by atoms with van der Waals surface area (Å²) >= 11 is 14.2. The highest BCUT2D eigenvalue weighted by molar-refractivity contribution is 6.58. The summed E-state index contributed by atoms with van der Waals surface area (Å²) in [7, 11) is 4.35. The van der Waals surface area contributed by atoms with Gasteiger partial charge in [0.25, 0.3) is 17.4 Å². The van der Waals surface area contributed by atoms with Crippen molar-refractivity contribution in [2.24, 2.45) is 7.05 Å². The van der Waals surface area contributed by atoms with Crippen LogP contribution in [0.1, 0.15) is 29.6 Å². The lowest BCUT2D eigenvalue weighted by atomic mass is 9.64. The molecule has 1 N–H and O–H groups in total. The highest BCUT2D eigenvalue weighted by Crippen LogP contribution is 2.64. The van der Waals surface area contributed by atoms with Crippen molar-refractivity contribution in [2.75, 3.05) is 19.1 Å². The van der Waals surface area contributed by atoms with E-state index in [9.17, 15) is 42.3 Å². The van der Waals surface area contributed by atoms with Crippen LogP contribution in [0.4, 0.5) is 27.6 Å². The number of anilines is 1. The van der Waals surface area contributed by atoms with Gasteiger partial charge in [-0.15, -0.1) is 23.2 Å². The number of methoxy groups -OCH3 is 2. The average Bonchev–Trinajstić information content (AvgIpc) is 3.54. The van der Waals surface area contributed by atoms with E-state index in [2.05, 4.69) is 4.98 Å². The second-order valence-electron chi connectivity index (χ2n) is 13.8. The van der Waals surface area contributed by atoms with Crippen molar-refractivity contribution in [1.29, 1.82) is 0 Å². The zero-order valence-electron chi connectivity index (χ0n) is 30.2. The predicted molar refractivity (Wildman–Crippen MR) is 195 cm³/mol. The third kappa shape index (κ3) is 5.07. The Bertz CT molecular complexity index is 2850. The van der Waals surface area contributed by atoms with Gasteiger partial charge in [-0.3, -0.25) is 14.4 Å². The molecule has 5 aromatic rings. The molecular formula is C37H27Cl2F5N6O8. The molecule has 2 aromatic heterocycles. The number of amides is 2. The van der Waals surface area contributed by atoms with Crippen LogP contribution >= 0.6 is 23.2 Å².